The van der Waals surface area contributed by atoms with E-state index in [1.54, 1.807) is 0 Å². The van der Waals surface area contributed by atoms with E-state index in [0.29, 0.717) is 4.34 Å². The van der Waals surface area contributed by atoms with Crippen molar-refractivity contribution in [3.8, 4) is 0 Å². The lowest BCUT2D eigenvalue weighted by molar-refractivity contribution is 0.105. The van der Waals surface area contributed by atoms with Crippen LogP contribution < -0.4 is 0 Å². The third-order valence-corrected chi connectivity index (χ3v) is 4.41. The van der Waals surface area contributed by atoms with E-state index in [-0.39, 0.29) is 0 Å². The first-order chi connectivity index (χ1) is 7.91. The minimum absolute atomic E-state index is 0.700. The molecule has 0 saturated heterocycles. The summed E-state index contributed by atoms with van der Waals surface area (Å²) in [6, 6.07) is 9.82. The van der Waals surface area contributed by atoms with Crippen molar-refractivity contribution in [3.63, 3.8) is 0 Å². The Labute approximate surface area is 111 Å². The summed E-state index contributed by atoms with van der Waals surface area (Å²) in [6.07, 6.45) is 0. The van der Waals surface area contributed by atoms with Crippen LogP contribution in [0.3, 0.4) is 0 Å². The SMILES string of the molecule is Cc1ccc(C)c(C(C)(O)c2ccc(Cl)s2)c1. The fourth-order valence-corrected chi connectivity index (χ4v) is 3.07. The normalized spacial score (nSPS) is 14.6. The molecule has 2 aromatic rings. The van der Waals surface area contributed by atoms with Gasteiger partial charge in [-0.2, -0.15) is 0 Å². The van der Waals surface area contributed by atoms with Crippen LogP contribution in [0.25, 0.3) is 0 Å². The summed E-state index contributed by atoms with van der Waals surface area (Å²) in [5.41, 5.74) is 2.20. The molecule has 0 aliphatic carbocycles. The van der Waals surface area contributed by atoms with Crippen molar-refractivity contribution in [2.45, 2.75) is 26.4 Å². The Kier molecular flexibility index (Phi) is 3.30. The molecule has 3 heteroatoms. The smallest absolute Gasteiger partial charge is 0.121 e. The van der Waals surface area contributed by atoms with E-state index >= 15 is 0 Å². The van der Waals surface area contributed by atoms with E-state index in [9.17, 15) is 5.11 Å². The lowest BCUT2D eigenvalue weighted by atomic mass is 9.89. The highest BCUT2D eigenvalue weighted by atomic mass is 35.5. The van der Waals surface area contributed by atoms with Gasteiger partial charge < -0.3 is 5.11 Å². The number of hydrogen-bond acceptors (Lipinski definition) is 2. The monoisotopic (exact) mass is 266 g/mol. The predicted molar refractivity (Wildman–Crippen MR) is 73.9 cm³/mol. The summed E-state index contributed by atoms with van der Waals surface area (Å²) in [5.74, 6) is 0. The Morgan fingerprint density at radius 2 is 1.88 bits per heavy atom. The number of rotatable bonds is 2. The average molecular weight is 267 g/mol. The van der Waals surface area contributed by atoms with Gasteiger partial charge in [0, 0.05) is 4.88 Å². The number of benzene rings is 1. The van der Waals surface area contributed by atoms with Crippen LogP contribution >= 0.6 is 22.9 Å². The van der Waals surface area contributed by atoms with Crippen LogP contribution in [0, 0.1) is 13.8 Å². The molecule has 1 atom stereocenters. The maximum Gasteiger partial charge on any atom is 0.121 e. The Hall–Kier alpha value is -0.830. The first-order valence-electron chi connectivity index (χ1n) is 5.47. The van der Waals surface area contributed by atoms with Gasteiger partial charge in [-0.3, -0.25) is 0 Å². The molecule has 90 valence electrons. The van der Waals surface area contributed by atoms with Crippen LogP contribution in [0.5, 0.6) is 0 Å². The second-order valence-corrected chi connectivity index (χ2v) is 6.21. The van der Waals surface area contributed by atoms with Gasteiger partial charge in [-0.25, -0.2) is 0 Å². The third kappa shape index (κ3) is 2.39. The van der Waals surface area contributed by atoms with E-state index in [4.69, 9.17) is 11.6 Å². The molecule has 0 bridgehead atoms. The summed E-state index contributed by atoms with van der Waals surface area (Å²) in [7, 11) is 0. The van der Waals surface area contributed by atoms with Gasteiger partial charge in [-0.05, 0) is 44.0 Å². The number of aryl methyl sites for hydroxylation is 2. The first-order valence-corrected chi connectivity index (χ1v) is 6.66. The van der Waals surface area contributed by atoms with Crippen molar-refractivity contribution in [2.75, 3.05) is 0 Å². The number of thiophene rings is 1. The lowest BCUT2D eigenvalue weighted by Gasteiger charge is -2.25. The minimum Gasteiger partial charge on any atom is -0.380 e. The maximum absolute atomic E-state index is 10.7. The van der Waals surface area contributed by atoms with E-state index in [0.717, 1.165) is 21.6 Å². The molecule has 0 fully saturated rings. The van der Waals surface area contributed by atoms with Crippen LogP contribution in [0.15, 0.2) is 30.3 Å². The molecule has 0 aliphatic heterocycles. The quantitative estimate of drug-likeness (QED) is 0.860. The predicted octanol–water partition coefficient (Wildman–Crippen LogP) is 4.27. The van der Waals surface area contributed by atoms with Gasteiger partial charge in [-0.1, -0.05) is 35.4 Å². The van der Waals surface area contributed by atoms with Crippen LogP contribution in [0.2, 0.25) is 4.34 Å². The number of aliphatic hydroxyl groups is 1. The Bertz CT molecular complexity index is 543. The van der Waals surface area contributed by atoms with Crippen molar-refractivity contribution in [2.24, 2.45) is 0 Å². The largest absolute Gasteiger partial charge is 0.380 e. The van der Waals surface area contributed by atoms with Crippen LogP contribution in [-0.2, 0) is 5.60 Å². The van der Waals surface area contributed by atoms with Gasteiger partial charge in [0.2, 0.25) is 0 Å². The van der Waals surface area contributed by atoms with Gasteiger partial charge in [0.1, 0.15) is 5.60 Å². The van der Waals surface area contributed by atoms with Crippen LogP contribution in [-0.4, -0.2) is 5.11 Å². The molecule has 1 aromatic heterocycles. The molecular weight excluding hydrogens is 252 g/mol. The fourth-order valence-electron chi connectivity index (χ4n) is 1.97. The second-order valence-electron chi connectivity index (χ2n) is 4.49. The van der Waals surface area contributed by atoms with Crippen molar-refractivity contribution in [1.29, 1.82) is 0 Å². The Morgan fingerprint density at radius 3 is 2.47 bits per heavy atom. The molecule has 0 radical (unpaired) electrons. The minimum atomic E-state index is -0.978. The Balaban J connectivity index is 2.54. The second kappa shape index (κ2) is 4.45. The summed E-state index contributed by atoms with van der Waals surface area (Å²) in [4.78, 5) is 0.871. The number of hydrogen-bond donors (Lipinski definition) is 1. The van der Waals surface area contributed by atoms with E-state index < -0.39 is 5.60 Å². The van der Waals surface area contributed by atoms with Gasteiger partial charge >= 0.3 is 0 Å². The molecule has 1 heterocycles. The van der Waals surface area contributed by atoms with Gasteiger partial charge in [0.25, 0.3) is 0 Å². The van der Waals surface area contributed by atoms with Crippen molar-refractivity contribution in [3.05, 3.63) is 56.2 Å². The number of halogens is 1. The van der Waals surface area contributed by atoms with Crippen molar-refractivity contribution < 1.29 is 5.11 Å². The standard InChI is InChI=1S/C14H15ClOS/c1-9-4-5-10(2)11(8-9)14(3,16)12-6-7-13(15)17-12/h4-8,16H,1-3H3. The summed E-state index contributed by atoms with van der Waals surface area (Å²) < 4.78 is 0.700. The molecule has 17 heavy (non-hydrogen) atoms. The zero-order chi connectivity index (χ0) is 12.6. The van der Waals surface area contributed by atoms with E-state index in [1.165, 1.54) is 11.3 Å². The Morgan fingerprint density at radius 1 is 1.18 bits per heavy atom. The van der Waals surface area contributed by atoms with Crippen molar-refractivity contribution >= 4 is 22.9 Å². The van der Waals surface area contributed by atoms with Crippen molar-refractivity contribution in [1.82, 2.24) is 0 Å². The van der Waals surface area contributed by atoms with E-state index in [2.05, 4.69) is 6.07 Å². The molecule has 1 unspecified atom stereocenters. The van der Waals surface area contributed by atoms with Gasteiger partial charge in [0.05, 0.1) is 4.34 Å². The molecule has 1 aromatic carbocycles. The molecule has 2 rings (SSSR count). The van der Waals surface area contributed by atoms with Crippen LogP contribution in [0.1, 0.15) is 28.5 Å². The summed E-state index contributed by atoms with van der Waals surface area (Å²) in [6.45, 7) is 5.86. The highest BCUT2D eigenvalue weighted by molar-refractivity contribution is 7.16. The maximum atomic E-state index is 10.7. The molecule has 0 aliphatic rings. The zero-order valence-electron chi connectivity index (χ0n) is 10.1. The third-order valence-electron chi connectivity index (χ3n) is 2.97. The van der Waals surface area contributed by atoms with Crippen LogP contribution in [0.4, 0.5) is 0 Å². The summed E-state index contributed by atoms with van der Waals surface area (Å²) in [5, 5.41) is 10.7. The molecule has 1 N–H and O–H groups in total. The zero-order valence-corrected chi connectivity index (χ0v) is 11.7. The molecular formula is C14H15ClOS. The van der Waals surface area contributed by atoms with Gasteiger partial charge in [-0.15, -0.1) is 11.3 Å². The molecule has 0 spiro atoms. The highest BCUT2D eigenvalue weighted by Gasteiger charge is 2.28. The molecule has 0 saturated carbocycles. The summed E-state index contributed by atoms with van der Waals surface area (Å²) >= 11 is 7.35. The van der Waals surface area contributed by atoms with E-state index in [1.807, 2.05) is 45.0 Å². The fraction of sp³-hybridized carbons (Fsp3) is 0.286. The topological polar surface area (TPSA) is 20.2 Å². The average Bonchev–Trinajstić information content (AvgIpc) is 2.69. The molecule has 0 amide bonds. The lowest BCUT2D eigenvalue weighted by Crippen LogP contribution is -2.22. The first kappa shape index (κ1) is 12.6. The molecule has 1 nitrogen and oxygen atoms in total. The highest BCUT2D eigenvalue weighted by Crippen LogP contribution is 2.37. The van der Waals surface area contributed by atoms with Gasteiger partial charge in [0.15, 0.2) is 0 Å².